The Morgan fingerprint density at radius 3 is 2.29 bits per heavy atom. The van der Waals surface area contributed by atoms with E-state index in [2.05, 4.69) is 20.3 Å². The normalized spacial score (nSPS) is 11.4. The number of pyridine rings is 1. The molecular formula is C25H21F3N4O2. The fourth-order valence-corrected chi connectivity index (χ4v) is 3.49. The largest absolute Gasteiger partial charge is 0.497 e. The number of benzene rings is 2. The number of aromatic nitrogens is 3. The van der Waals surface area contributed by atoms with Crippen LogP contribution >= 0.6 is 0 Å². The van der Waals surface area contributed by atoms with Crippen molar-refractivity contribution >= 4 is 16.9 Å². The van der Waals surface area contributed by atoms with E-state index in [4.69, 9.17) is 4.74 Å². The summed E-state index contributed by atoms with van der Waals surface area (Å²) in [7, 11) is 1.49. The van der Waals surface area contributed by atoms with Gasteiger partial charge < -0.3 is 10.1 Å². The van der Waals surface area contributed by atoms with Gasteiger partial charge in [-0.25, -0.2) is 15.0 Å². The zero-order valence-electron chi connectivity index (χ0n) is 18.5. The monoisotopic (exact) mass is 466 g/mol. The third-order valence-electron chi connectivity index (χ3n) is 5.14. The fourth-order valence-electron chi connectivity index (χ4n) is 3.49. The van der Waals surface area contributed by atoms with Gasteiger partial charge in [0.1, 0.15) is 5.75 Å². The van der Waals surface area contributed by atoms with Gasteiger partial charge >= 0.3 is 6.18 Å². The second-order valence-corrected chi connectivity index (χ2v) is 7.50. The molecule has 0 saturated carbocycles. The molecule has 2 heterocycles. The highest BCUT2D eigenvalue weighted by Crippen LogP contribution is 2.40. The van der Waals surface area contributed by atoms with Gasteiger partial charge in [0.2, 0.25) is 5.82 Å². The molecule has 1 amide bonds. The smallest absolute Gasteiger partial charge is 0.417 e. The van der Waals surface area contributed by atoms with Crippen LogP contribution in [0.25, 0.3) is 33.5 Å². The van der Waals surface area contributed by atoms with Gasteiger partial charge in [-0.1, -0.05) is 37.3 Å². The average Bonchev–Trinajstić information content (AvgIpc) is 2.85. The van der Waals surface area contributed by atoms with E-state index in [9.17, 15) is 18.0 Å². The van der Waals surface area contributed by atoms with Crippen molar-refractivity contribution in [2.75, 3.05) is 13.7 Å². The number of halogens is 3. The summed E-state index contributed by atoms with van der Waals surface area (Å²) in [6, 6.07) is 15.9. The molecule has 9 heteroatoms. The Bertz CT molecular complexity index is 1320. The van der Waals surface area contributed by atoms with Gasteiger partial charge in [-0.2, -0.15) is 13.2 Å². The second kappa shape index (κ2) is 9.46. The molecule has 2 aromatic heterocycles. The molecule has 0 aliphatic carbocycles. The van der Waals surface area contributed by atoms with Crippen LogP contribution in [0.2, 0.25) is 0 Å². The minimum Gasteiger partial charge on any atom is -0.497 e. The number of nitrogens with zero attached hydrogens (tertiary/aromatic N) is 3. The van der Waals surface area contributed by atoms with E-state index in [0.29, 0.717) is 29.8 Å². The van der Waals surface area contributed by atoms with Gasteiger partial charge in [-0.15, -0.1) is 0 Å². The van der Waals surface area contributed by atoms with E-state index < -0.39 is 17.6 Å². The molecule has 0 saturated heterocycles. The molecule has 4 aromatic rings. The molecule has 6 nitrogen and oxygen atoms in total. The summed E-state index contributed by atoms with van der Waals surface area (Å²) in [5, 5.41) is 2.39. The fraction of sp³-hybridized carbons (Fsp3) is 0.200. The average molecular weight is 466 g/mol. The van der Waals surface area contributed by atoms with Gasteiger partial charge in [-0.3, -0.25) is 4.79 Å². The Labute approximate surface area is 193 Å². The Balaban J connectivity index is 2.04. The molecule has 1 N–H and O–H groups in total. The van der Waals surface area contributed by atoms with E-state index in [1.54, 1.807) is 54.6 Å². The first-order valence-electron chi connectivity index (χ1n) is 10.6. The third kappa shape index (κ3) is 4.68. The van der Waals surface area contributed by atoms with E-state index >= 15 is 0 Å². The van der Waals surface area contributed by atoms with E-state index in [0.717, 1.165) is 6.07 Å². The van der Waals surface area contributed by atoms with E-state index in [-0.39, 0.29) is 28.2 Å². The lowest BCUT2D eigenvalue weighted by molar-refractivity contribution is -0.136. The van der Waals surface area contributed by atoms with Crippen LogP contribution in [0.3, 0.4) is 0 Å². The van der Waals surface area contributed by atoms with Gasteiger partial charge in [0.25, 0.3) is 5.91 Å². The topological polar surface area (TPSA) is 77.0 Å². The number of carbonyl (C=O) groups is 1. The number of ether oxygens (including phenoxy) is 1. The highest BCUT2D eigenvalue weighted by molar-refractivity contribution is 5.99. The predicted molar refractivity (Wildman–Crippen MR) is 122 cm³/mol. The zero-order valence-corrected chi connectivity index (χ0v) is 18.5. The number of methoxy groups -OCH3 is 1. The summed E-state index contributed by atoms with van der Waals surface area (Å²) in [4.78, 5) is 25.5. The molecule has 2 aromatic carbocycles. The maximum atomic E-state index is 14.3. The molecular weight excluding hydrogens is 445 g/mol. The van der Waals surface area contributed by atoms with Gasteiger partial charge in [0.05, 0.1) is 29.4 Å². The second-order valence-electron chi connectivity index (χ2n) is 7.50. The summed E-state index contributed by atoms with van der Waals surface area (Å²) < 4.78 is 48.0. The van der Waals surface area contributed by atoms with Crippen LogP contribution in [0.5, 0.6) is 5.75 Å². The molecule has 0 aliphatic heterocycles. The van der Waals surface area contributed by atoms with Crippen LogP contribution in [0.4, 0.5) is 13.2 Å². The molecule has 0 bridgehead atoms. The quantitative estimate of drug-likeness (QED) is 0.405. The Morgan fingerprint density at radius 1 is 0.971 bits per heavy atom. The van der Waals surface area contributed by atoms with Crippen molar-refractivity contribution in [2.45, 2.75) is 19.5 Å². The molecule has 0 aliphatic rings. The lowest BCUT2D eigenvalue weighted by Crippen LogP contribution is -2.26. The molecule has 0 atom stereocenters. The maximum Gasteiger partial charge on any atom is 0.417 e. The van der Waals surface area contributed by atoms with E-state index in [1.165, 1.54) is 7.11 Å². The number of rotatable bonds is 6. The number of nitrogens with one attached hydrogen (secondary N) is 1. The summed E-state index contributed by atoms with van der Waals surface area (Å²) in [6.07, 6.45) is -4.03. The predicted octanol–water partition coefficient (Wildman–Crippen LogP) is 5.53. The van der Waals surface area contributed by atoms with Crippen molar-refractivity contribution in [3.8, 4) is 28.3 Å². The van der Waals surface area contributed by atoms with Crippen LogP contribution in [-0.2, 0) is 6.18 Å². The van der Waals surface area contributed by atoms with E-state index in [1.807, 2.05) is 6.92 Å². The van der Waals surface area contributed by atoms with Crippen LogP contribution in [-0.4, -0.2) is 34.5 Å². The minimum atomic E-state index is -4.71. The lowest BCUT2D eigenvalue weighted by Gasteiger charge is -2.16. The van der Waals surface area contributed by atoms with Crippen LogP contribution < -0.4 is 10.1 Å². The first-order valence-corrected chi connectivity index (χ1v) is 10.6. The highest BCUT2D eigenvalue weighted by atomic mass is 19.4. The van der Waals surface area contributed by atoms with Crippen LogP contribution in [0, 0.1) is 0 Å². The van der Waals surface area contributed by atoms with Gasteiger partial charge in [0, 0.05) is 17.7 Å². The van der Waals surface area contributed by atoms with Crippen molar-refractivity contribution in [1.29, 1.82) is 0 Å². The number of amides is 1. The van der Waals surface area contributed by atoms with Crippen molar-refractivity contribution in [1.82, 2.24) is 20.3 Å². The molecule has 0 radical (unpaired) electrons. The summed E-state index contributed by atoms with van der Waals surface area (Å²) >= 11 is 0. The zero-order chi connectivity index (χ0) is 24.3. The molecule has 0 fully saturated rings. The van der Waals surface area contributed by atoms with Gasteiger partial charge in [0.15, 0.2) is 5.65 Å². The number of hydrogen-bond donors (Lipinski definition) is 1. The summed E-state index contributed by atoms with van der Waals surface area (Å²) in [5.41, 5.74) is -0.207. The molecule has 0 spiro atoms. The van der Waals surface area contributed by atoms with Crippen molar-refractivity contribution < 1.29 is 22.7 Å². The first-order chi connectivity index (χ1) is 16.3. The number of hydrogen-bond acceptors (Lipinski definition) is 5. The Hall–Kier alpha value is -4.01. The molecule has 4 rings (SSSR count). The molecule has 0 unspecified atom stereocenters. The van der Waals surface area contributed by atoms with Gasteiger partial charge in [-0.05, 0) is 36.8 Å². The standard InChI is InChI=1S/C25H21F3N4O2/c1-3-13-29-24(33)23-31-21(16-9-11-17(34-2)12-10-16)20-18(25(26,27)28)14-19(30-22(20)32-23)15-7-5-4-6-8-15/h4-12,14H,3,13H2,1-2H3,(H,29,33). The minimum absolute atomic E-state index is 0.0336. The number of carbonyl (C=O) groups excluding carboxylic acids is 1. The molecule has 34 heavy (non-hydrogen) atoms. The summed E-state index contributed by atoms with van der Waals surface area (Å²) in [5.74, 6) is -0.305. The van der Waals surface area contributed by atoms with Crippen LogP contribution in [0.15, 0.2) is 60.7 Å². The number of fused-ring (bicyclic) bond motifs is 1. The Morgan fingerprint density at radius 2 is 1.68 bits per heavy atom. The van der Waals surface area contributed by atoms with Crippen molar-refractivity contribution in [2.24, 2.45) is 0 Å². The van der Waals surface area contributed by atoms with Crippen molar-refractivity contribution in [3.05, 3.63) is 72.1 Å². The number of alkyl halides is 3. The maximum absolute atomic E-state index is 14.3. The van der Waals surface area contributed by atoms with Crippen molar-refractivity contribution in [3.63, 3.8) is 0 Å². The summed E-state index contributed by atoms with van der Waals surface area (Å²) in [6.45, 7) is 2.26. The highest BCUT2D eigenvalue weighted by Gasteiger charge is 2.36. The van der Waals surface area contributed by atoms with Crippen LogP contribution in [0.1, 0.15) is 29.5 Å². The lowest BCUT2D eigenvalue weighted by atomic mass is 10.0. The molecule has 174 valence electrons. The Kier molecular flexibility index (Phi) is 6.45. The third-order valence-corrected chi connectivity index (χ3v) is 5.14. The SMILES string of the molecule is CCCNC(=O)c1nc(-c2ccc(OC)cc2)c2c(C(F)(F)F)cc(-c3ccccc3)nc2n1. The first kappa shape index (κ1) is 23.2.